The average Bonchev–Trinajstić information content (AvgIpc) is 3.28. The highest BCUT2D eigenvalue weighted by Gasteiger charge is 2.16. The fourth-order valence-electron chi connectivity index (χ4n) is 3.21. The Kier molecular flexibility index (Phi) is 6.81. The minimum atomic E-state index is -0.526. The van der Waals surface area contributed by atoms with Crippen molar-refractivity contribution in [1.29, 1.82) is 0 Å². The first-order chi connectivity index (χ1) is 16.8. The molecule has 1 amide bonds. The van der Waals surface area contributed by atoms with Gasteiger partial charge in [0, 0.05) is 28.9 Å². The number of carbonyl (C=O) groups excluding carboxylic acids is 1. The van der Waals surface area contributed by atoms with E-state index in [1.165, 1.54) is 36.4 Å². The Hall–Kier alpha value is -4.60. The molecule has 1 N–H and O–H groups in total. The summed E-state index contributed by atoms with van der Waals surface area (Å²) in [6, 6.07) is 18.4. The van der Waals surface area contributed by atoms with Crippen molar-refractivity contribution in [2.45, 2.75) is 13.8 Å². The molecule has 0 atom stereocenters. The molecular formula is C25H22FN5O4. The summed E-state index contributed by atoms with van der Waals surface area (Å²) in [6.45, 7) is 4.45. The Bertz CT molecular complexity index is 1350. The molecule has 9 nitrogen and oxygen atoms in total. The van der Waals surface area contributed by atoms with E-state index in [0.717, 1.165) is 0 Å². The quantitative estimate of drug-likeness (QED) is 0.274. The summed E-state index contributed by atoms with van der Waals surface area (Å²) in [5, 5.41) is 18.0. The second-order valence-electron chi connectivity index (χ2n) is 8.15. The number of hydrogen-bond acceptors (Lipinski definition) is 6. The molecule has 0 spiro atoms. The van der Waals surface area contributed by atoms with E-state index in [2.05, 4.69) is 15.4 Å². The number of non-ortho nitro benzene ring substituents is 1. The minimum Gasteiger partial charge on any atom is -0.462 e. The second kappa shape index (κ2) is 10.1. The van der Waals surface area contributed by atoms with E-state index >= 15 is 0 Å². The van der Waals surface area contributed by atoms with Crippen LogP contribution in [-0.2, 0) is 0 Å². The number of nitrogens with one attached hydrogen (secondary N) is 1. The van der Waals surface area contributed by atoms with Crippen molar-refractivity contribution in [2.75, 3.05) is 11.9 Å². The van der Waals surface area contributed by atoms with Crippen LogP contribution >= 0.6 is 0 Å². The lowest BCUT2D eigenvalue weighted by Crippen LogP contribution is -2.12. The summed E-state index contributed by atoms with van der Waals surface area (Å²) in [5.74, 6) is -0.117. The van der Waals surface area contributed by atoms with Crippen molar-refractivity contribution in [1.82, 2.24) is 14.8 Å². The van der Waals surface area contributed by atoms with Crippen LogP contribution < -0.4 is 10.1 Å². The molecule has 1 aromatic heterocycles. The predicted octanol–water partition coefficient (Wildman–Crippen LogP) is 5.27. The number of rotatable bonds is 8. The number of aromatic nitrogens is 3. The lowest BCUT2D eigenvalue weighted by atomic mass is 10.2. The normalized spacial score (nSPS) is 10.9. The van der Waals surface area contributed by atoms with E-state index < -0.39 is 16.6 Å². The SMILES string of the molecule is CC(C)COc1nc(-c2cccc(F)c2)n(-c2ccc(NC(=O)c3ccc([N+](=O)[O-])cc3)cc2)n1. The molecule has 10 heteroatoms. The molecule has 0 saturated carbocycles. The summed E-state index contributed by atoms with van der Waals surface area (Å²) in [6.07, 6.45) is 0. The van der Waals surface area contributed by atoms with Crippen LogP contribution in [0.25, 0.3) is 17.1 Å². The van der Waals surface area contributed by atoms with Crippen LogP contribution in [0, 0.1) is 21.8 Å². The first-order valence-electron chi connectivity index (χ1n) is 10.8. The zero-order valence-electron chi connectivity index (χ0n) is 19.0. The van der Waals surface area contributed by atoms with E-state index in [-0.39, 0.29) is 23.2 Å². The Morgan fingerprint density at radius 3 is 2.46 bits per heavy atom. The van der Waals surface area contributed by atoms with Gasteiger partial charge in [-0.05, 0) is 54.4 Å². The summed E-state index contributed by atoms with van der Waals surface area (Å²) < 4.78 is 21.1. The maximum Gasteiger partial charge on any atom is 0.336 e. The van der Waals surface area contributed by atoms with Gasteiger partial charge >= 0.3 is 6.01 Å². The van der Waals surface area contributed by atoms with Crippen molar-refractivity contribution >= 4 is 17.3 Å². The summed E-state index contributed by atoms with van der Waals surface area (Å²) in [5.41, 5.74) is 1.87. The molecule has 0 saturated heterocycles. The topological polar surface area (TPSA) is 112 Å². The van der Waals surface area contributed by atoms with Gasteiger partial charge in [-0.25, -0.2) is 9.07 Å². The predicted molar refractivity (Wildman–Crippen MR) is 128 cm³/mol. The average molecular weight is 475 g/mol. The van der Waals surface area contributed by atoms with Gasteiger partial charge in [-0.3, -0.25) is 14.9 Å². The molecule has 1 heterocycles. The van der Waals surface area contributed by atoms with Crippen molar-refractivity contribution in [2.24, 2.45) is 5.92 Å². The number of nitrogens with zero attached hydrogens (tertiary/aromatic N) is 4. The number of anilines is 1. The van der Waals surface area contributed by atoms with Gasteiger partial charge in [0.2, 0.25) is 0 Å². The maximum absolute atomic E-state index is 13.9. The number of carbonyl (C=O) groups is 1. The molecule has 0 aliphatic rings. The van der Waals surface area contributed by atoms with Gasteiger partial charge in [0.25, 0.3) is 11.6 Å². The van der Waals surface area contributed by atoms with Crippen LogP contribution in [0.2, 0.25) is 0 Å². The van der Waals surface area contributed by atoms with Crippen LogP contribution in [0.3, 0.4) is 0 Å². The van der Waals surface area contributed by atoms with Crippen molar-refractivity contribution < 1.29 is 18.8 Å². The smallest absolute Gasteiger partial charge is 0.336 e. The third kappa shape index (κ3) is 5.67. The highest BCUT2D eigenvalue weighted by atomic mass is 19.1. The van der Waals surface area contributed by atoms with Gasteiger partial charge in [-0.2, -0.15) is 4.98 Å². The highest BCUT2D eigenvalue weighted by Crippen LogP contribution is 2.25. The van der Waals surface area contributed by atoms with Gasteiger partial charge in [0.05, 0.1) is 17.2 Å². The molecule has 0 aliphatic heterocycles. The van der Waals surface area contributed by atoms with Gasteiger partial charge in [0.15, 0.2) is 5.82 Å². The van der Waals surface area contributed by atoms with Gasteiger partial charge < -0.3 is 10.1 Å². The molecule has 0 radical (unpaired) electrons. The molecule has 35 heavy (non-hydrogen) atoms. The summed E-state index contributed by atoms with van der Waals surface area (Å²) in [7, 11) is 0. The van der Waals surface area contributed by atoms with Gasteiger partial charge in [-0.1, -0.05) is 26.0 Å². The number of benzene rings is 3. The van der Waals surface area contributed by atoms with E-state index in [1.807, 2.05) is 13.8 Å². The number of nitro groups is 1. The van der Waals surface area contributed by atoms with Crippen LogP contribution in [0.4, 0.5) is 15.8 Å². The third-order valence-corrected chi connectivity index (χ3v) is 4.93. The molecule has 0 bridgehead atoms. The Morgan fingerprint density at radius 2 is 1.83 bits per heavy atom. The molecule has 0 fully saturated rings. The number of ether oxygens (including phenoxy) is 1. The van der Waals surface area contributed by atoms with Gasteiger partial charge in [-0.15, -0.1) is 5.10 Å². The molecule has 0 unspecified atom stereocenters. The van der Waals surface area contributed by atoms with E-state index in [4.69, 9.17) is 4.74 Å². The summed E-state index contributed by atoms with van der Waals surface area (Å²) in [4.78, 5) is 27.2. The first kappa shape index (κ1) is 23.6. The van der Waals surface area contributed by atoms with E-state index in [1.54, 1.807) is 41.1 Å². The second-order valence-corrected chi connectivity index (χ2v) is 8.15. The Balaban J connectivity index is 1.58. The monoisotopic (exact) mass is 475 g/mol. The standard InChI is InChI=1S/C25H22FN5O4/c1-16(2)15-35-25-28-23(18-4-3-5-19(26)14-18)30(29-25)21-12-8-20(9-13-21)27-24(32)17-6-10-22(11-7-17)31(33)34/h3-14,16H,15H2,1-2H3,(H,27,32). The number of amides is 1. The van der Waals surface area contributed by atoms with Crippen molar-refractivity contribution in [3.05, 3.63) is 94.3 Å². The van der Waals surface area contributed by atoms with E-state index in [0.29, 0.717) is 29.4 Å². The van der Waals surface area contributed by atoms with Crippen molar-refractivity contribution in [3.63, 3.8) is 0 Å². The van der Waals surface area contributed by atoms with Crippen LogP contribution in [0.1, 0.15) is 24.2 Å². The molecule has 3 aromatic carbocycles. The fourth-order valence-corrected chi connectivity index (χ4v) is 3.21. The third-order valence-electron chi connectivity index (χ3n) is 4.93. The molecule has 4 aromatic rings. The zero-order chi connectivity index (χ0) is 24.9. The van der Waals surface area contributed by atoms with E-state index in [9.17, 15) is 19.3 Å². The molecular weight excluding hydrogens is 453 g/mol. The lowest BCUT2D eigenvalue weighted by molar-refractivity contribution is -0.384. The van der Waals surface area contributed by atoms with Crippen LogP contribution in [-0.4, -0.2) is 32.2 Å². The lowest BCUT2D eigenvalue weighted by Gasteiger charge is -2.09. The molecule has 178 valence electrons. The summed E-state index contributed by atoms with van der Waals surface area (Å²) >= 11 is 0. The number of hydrogen-bond donors (Lipinski definition) is 1. The molecule has 0 aliphatic carbocycles. The fraction of sp³-hybridized carbons (Fsp3) is 0.160. The maximum atomic E-state index is 13.9. The van der Waals surface area contributed by atoms with Crippen molar-refractivity contribution in [3.8, 4) is 23.1 Å². The zero-order valence-corrected chi connectivity index (χ0v) is 19.0. The van der Waals surface area contributed by atoms with Gasteiger partial charge in [0.1, 0.15) is 5.82 Å². The number of nitro benzene ring substituents is 1. The molecule has 4 rings (SSSR count). The highest BCUT2D eigenvalue weighted by molar-refractivity contribution is 6.04. The van der Waals surface area contributed by atoms with Crippen LogP contribution in [0.15, 0.2) is 72.8 Å². The Labute approximate surface area is 200 Å². The number of halogens is 1. The van der Waals surface area contributed by atoms with Crippen LogP contribution in [0.5, 0.6) is 6.01 Å². The first-order valence-corrected chi connectivity index (χ1v) is 10.8. The Morgan fingerprint density at radius 1 is 1.11 bits per heavy atom. The minimum absolute atomic E-state index is 0.0930. The largest absolute Gasteiger partial charge is 0.462 e.